The molecule has 0 bridgehead atoms. The quantitative estimate of drug-likeness (QED) is 0.714. The number of carbonyl (C=O) groups is 1. The molecule has 1 atom stereocenters. The van der Waals surface area contributed by atoms with Crippen molar-refractivity contribution in [2.24, 2.45) is 0 Å². The van der Waals surface area contributed by atoms with Crippen LogP contribution in [0.4, 0.5) is 0 Å². The number of rotatable bonds is 7. The molecule has 2 aromatic heterocycles. The smallest absolute Gasteiger partial charge is 0.244 e. The molecule has 7 heteroatoms. The number of nitrogens with one attached hydrogen (secondary N) is 1. The monoisotopic (exact) mass is 337 g/mol. The van der Waals surface area contributed by atoms with Gasteiger partial charge in [0.25, 0.3) is 0 Å². The van der Waals surface area contributed by atoms with E-state index in [0.29, 0.717) is 18.8 Å². The lowest BCUT2D eigenvalue weighted by atomic mass is 10.2. The first-order chi connectivity index (χ1) is 12.2. The fourth-order valence-corrected chi connectivity index (χ4v) is 2.20. The Hall–Kier alpha value is -3.22. The topological polar surface area (TPSA) is 81.9 Å². The largest absolute Gasteiger partial charge is 0.487 e. The van der Waals surface area contributed by atoms with Crippen molar-refractivity contribution < 1.29 is 9.53 Å². The molecule has 25 heavy (non-hydrogen) atoms. The van der Waals surface area contributed by atoms with E-state index in [2.05, 4.69) is 20.6 Å². The van der Waals surface area contributed by atoms with Crippen molar-refractivity contribution in [1.29, 1.82) is 0 Å². The molecule has 0 spiro atoms. The predicted octanol–water partition coefficient (Wildman–Crippen LogP) is 2.13. The van der Waals surface area contributed by atoms with Gasteiger partial charge in [0.05, 0.1) is 6.20 Å². The van der Waals surface area contributed by atoms with Crippen LogP contribution in [0.2, 0.25) is 0 Å². The number of hydrogen-bond donors (Lipinski definition) is 1. The second kappa shape index (κ2) is 8.05. The highest BCUT2D eigenvalue weighted by atomic mass is 16.5. The van der Waals surface area contributed by atoms with Gasteiger partial charge in [0.15, 0.2) is 0 Å². The van der Waals surface area contributed by atoms with Gasteiger partial charge in [-0.1, -0.05) is 29.5 Å². The molecule has 1 aromatic carbocycles. The first-order valence-electron chi connectivity index (χ1n) is 7.97. The van der Waals surface area contributed by atoms with Gasteiger partial charge >= 0.3 is 0 Å². The van der Waals surface area contributed by atoms with Crippen LogP contribution >= 0.6 is 0 Å². The molecule has 0 fully saturated rings. The molecule has 1 amide bonds. The van der Waals surface area contributed by atoms with E-state index < -0.39 is 6.04 Å². The number of ether oxygens (including phenoxy) is 1. The van der Waals surface area contributed by atoms with Crippen molar-refractivity contribution in [3.63, 3.8) is 0 Å². The number of amides is 1. The zero-order valence-corrected chi connectivity index (χ0v) is 13.9. The van der Waals surface area contributed by atoms with Gasteiger partial charge < -0.3 is 10.1 Å². The van der Waals surface area contributed by atoms with E-state index in [9.17, 15) is 4.79 Å². The minimum Gasteiger partial charge on any atom is -0.487 e. The van der Waals surface area contributed by atoms with Crippen LogP contribution in [0, 0.1) is 0 Å². The normalized spacial score (nSPS) is 11.7. The molecule has 0 saturated heterocycles. The zero-order valence-electron chi connectivity index (χ0n) is 13.9. The summed E-state index contributed by atoms with van der Waals surface area (Å²) in [6.07, 6.45) is 5.14. The molecule has 1 N–H and O–H groups in total. The Kier molecular flexibility index (Phi) is 5.36. The molecule has 0 aliphatic rings. The van der Waals surface area contributed by atoms with Gasteiger partial charge in [0.2, 0.25) is 5.91 Å². The van der Waals surface area contributed by atoms with Crippen molar-refractivity contribution in [3.8, 4) is 5.75 Å². The summed E-state index contributed by atoms with van der Waals surface area (Å²) < 4.78 is 7.16. The van der Waals surface area contributed by atoms with Gasteiger partial charge in [-0.05, 0) is 30.7 Å². The lowest BCUT2D eigenvalue weighted by Gasteiger charge is -2.11. The molecule has 2 heterocycles. The minimum atomic E-state index is -0.463. The summed E-state index contributed by atoms with van der Waals surface area (Å²) in [6, 6.07) is 12.8. The summed E-state index contributed by atoms with van der Waals surface area (Å²) in [5.41, 5.74) is 1.61. The van der Waals surface area contributed by atoms with E-state index in [1.807, 2.05) is 42.5 Å². The van der Waals surface area contributed by atoms with Gasteiger partial charge in [0.1, 0.15) is 24.1 Å². The molecule has 3 rings (SSSR count). The Morgan fingerprint density at radius 2 is 2.08 bits per heavy atom. The average molecular weight is 337 g/mol. The fraction of sp³-hybridized carbons (Fsp3) is 0.222. The van der Waals surface area contributed by atoms with Gasteiger partial charge in [-0.25, -0.2) is 4.68 Å². The third-order valence-corrected chi connectivity index (χ3v) is 3.65. The molecule has 0 aliphatic carbocycles. The molecular formula is C18H19N5O2. The third-order valence-electron chi connectivity index (χ3n) is 3.65. The number of hydrogen-bond acceptors (Lipinski definition) is 5. The second-order valence-corrected chi connectivity index (χ2v) is 5.55. The Balaban J connectivity index is 1.52. The summed E-state index contributed by atoms with van der Waals surface area (Å²) in [5, 5.41) is 10.9. The van der Waals surface area contributed by atoms with E-state index in [0.717, 1.165) is 11.3 Å². The van der Waals surface area contributed by atoms with Crippen molar-refractivity contribution in [2.45, 2.75) is 26.1 Å². The maximum Gasteiger partial charge on any atom is 0.244 e. The standard InChI is InChI=1S/C18H19N5O2/c1-14(18(24)20-11-15-6-5-9-19-10-15)23-12-16(21-22-23)13-25-17-7-3-2-4-8-17/h2-10,12,14H,11,13H2,1H3,(H,20,24)/t14-/m0/s1. The van der Waals surface area contributed by atoms with Crippen LogP contribution in [0.3, 0.4) is 0 Å². The number of pyridine rings is 1. The van der Waals surface area contributed by atoms with E-state index in [1.165, 1.54) is 4.68 Å². The molecule has 0 radical (unpaired) electrons. The maximum atomic E-state index is 12.3. The van der Waals surface area contributed by atoms with Gasteiger partial charge in [0, 0.05) is 18.9 Å². The van der Waals surface area contributed by atoms with Crippen LogP contribution in [0.15, 0.2) is 61.1 Å². The van der Waals surface area contributed by atoms with E-state index in [-0.39, 0.29) is 5.91 Å². The molecule has 3 aromatic rings. The molecule has 0 saturated carbocycles. The van der Waals surface area contributed by atoms with Gasteiger partial charge in [-0.3, -0.25) is 9.78 Å². The van der Waals surface area contributed by atoms with Gasteiger partial charge in [-0.15, -0.1) is 5.10 Å². The molecule has 0 aliphatic heterocycles. The summed E-state index contributed by atoms with van der Waals surface area (Å²) in [6.45, 7) is 2.50. The number of benzene rings is 1. The van der Waals surface area contributed by atoms with Crippen LogP contribution in [-0.4, -0.2) is 25.9 Å². The van der Waals surface area contributed by atoms with Crippen LogP contribution in [0.25, 0.3) is 0 Å². The number of para-hydroxylation sites is 1. The van der Waals surface area contributed by atoms with E-state index in [1.54, 1.807) is 25.5 Å². The van der Waals surface area contributed by atoms with Crippen molar-refractivity contribution in [3.05, 3.63) is 72.3 Å². The van der Waals surface area contributed by atoms with Crippen LogP contribution in [0.1, 0.15) is 24.2 Å². The molecule has 128 valence electrons. The first-order valence-corrected chi connectivity index (χ1v) is 7.97. The van der Waals surface area contributed by atoms with Crippen LogP contribution in [-0.2, 0) is 17.9 Å². The average Bonchev–Trinajstić information content (AvgIpc) is 3.14. The van der Waals surface area contributed by atoms with E-state index in [4.69, 9.17) is 4.74 Å². The van der Waals surface area contributed by atoms with Gasteiger partial charge in [-0.2, -0.15) is 0 Å². The van der Waals surface area contributed by atoms with Crippen molar-refractivity contribution in [2.75, 3.05) is 0 Å². The van der Waals surface area contributed by atoms with Crippen molar-refractivity contribution in [1.82, 2.24) is 25.3 Å². The van der Waals surface area contributed by atoms with Crippen LogP contribution in [0.5, 0.6) is 5.75 Å². The highest BCUT2D eigenvalue weighted by molar-refractivity contribution is 5.79. The Morgan fingerprint density at radius 3 is 2.84 bits per heavy atom. The first kappa shape index (κ1) is 16.6. The summed E-state index contributed by atoms with van der Waals surface area (Å²) in [7, 11) is 0. The summed E-state index contributed by atoms with van der Waals surface area (Å²) >= 11 is 0. The Bertz CT molecular complexity index is 805. The third kappa shape index (κ3) is 4.63. The zero-order chi connectivity index (χ0) is 17.5. The van der Waals surface area contributed by atoms with Crippen LogP contribution < -0.4 is 10.1 Å². The number of aromatic nitrogens is 4. The number of carbonyl (C=O) groups excluding carboxylic acids is 1. The lowest BCUT2D eigenvalue weighted by molar-refractivity contribution is -0.124. The van der Waals surface area contributed by atoms with E-state index >= 15 is 0 Å². The predicted molar refractivity (Wildman–Crippen MR) is 91.6 cm³/mol. The van der Waals surface area contributed by atoms with Crippen molar-refractivity contribution >= 4 is 5.91 Å². The Morgan fingerprint density at radius 1 is 1.24 bits per heavy atom. The fourth-order valence-electron chi connectivity index (χ4n) is 2.20. The molecule has 0 unspecified atom stereocenters. The Labute approximate surface area is 145 Å². The summed E-state index contributed by atoms with van der Waals surface area (Å²) in [5.74, 6) is 0.628. The highest BCUT2D eigenvalue weighted by Gasteiger charge is 2.16. The lowest BCUT2D eigenvalue weighted by Crippen LogP contribution is -2.30. The second-order valence-electron chi connectivity index (χ2n) is 5.55. The highest BCUT2D eigenvalue weighted by Crippen LogP contribution is 2.11. The minimum absolute atomic E-state index is 0.135. The number of nitrogens with zero attached hydrogens (tertiary/aromatic N) is 4. The summed E-state index contributed by atoms with van der Waals surface area (Å²) in [4.78, 5) is 16.3. The molecule has 7 nitrogen and oxygen atoms in total. The molecular weight excluding hydrogens is 318 g/mol. The SMILES string of the molecule is C[C@@H](C(=O)NCc1cccnc1)n1cc(COc2ccccc2)nn1. The maximum absolute atomic E-state index is 12.3.